The molecule has 0 saturated carbocycles. The van der Waals surface area contributed by atoms with E-state index in [0.29, 0.717) is 0 Å². The molecule has 0 atom stereocenters. The zero-order valence-electron chi connectivity index (χ0n) is 8.94. The largest absolute Gasteiger partial charge is 0.487 e. The molecule has 2 rings (SSSR count). The molecule has 0 unspecified atom stereocenters. The Labute approximate surface area is 90.3 Å². The molecule has 0 bridgehead atoms. The Bertz CT molecular complexity index is 321. The maximum absolute atomic E-state index is 8.74. The van der Waals surface area contributed by atoms with Crippen LogP contribution >= 0.6 is 0 Å². The van der Waals surface area contributed by atoms with Crippen LogP contribution < -0.4 is 4.74 Å². The first-order chi connectivity index (χ1) is 7.29. The highest BCUT2D eigenvalue weighted by Crippen LogP contribution is 2.21. The normalized spacial score (nSPS) is 17.5. The second-order valence-corrected chi connectivity index (χ2v) is 3.91. The van der Waals surface area contributed by atoms with Crippen LogP contribution in [0.15, 0.2) is 18.2 Å². The Morgan fingerprint density at radius 3 is 3.07 bits per heavy atom. The number of ether oxygens (including phenoxy) is 1. The van der Waals surface area contributed by atoms with Gasteiger partial charge in [-0.3, -0.25) is 4.90 Å². The molecule has 1 aliphatic heterocycles. The molecule has 81 valence electrons. The summed E-state index contributed by atoms with van der Waals surface area (Å²) in [6, 6.07) is 8.76. The Morgan fingerprint density at radius 1 is 1.60 bits per heavy atom. The minimum absolute atomic E-state index is 0.228. The van der Waals surface area contributed by atoms with Crippen LogP contribution in [0, 0.1) is 13.0 Å². The summed E-state index contributed by atoms with van der Waals surface area (Å²) >= 11 is 0. The summed E-state index contributed by atoms with van der Waals surface area (Å²) in [4.78, 5) is 2.18. The maximum Gasteiger partial charge on any atom is 0.124 e. The molecule has 1 saturated heterocycles. The average Bonchev–Trinajstić information content (AvgIpc) is 2.18. The highest BCUT2D eigenvalue weighted by molar-refractivity contribution is 5.31. The van der Waals surface area contributed by atoms with Gasteiger partial charge >= 0.3 is 0 Å². The first kappa shape index (κ1) is 10.5. The number of aliphatic hydroxyl groups is 1. The van der Waals surface area contributed by atoms with Gasteiger partial charge in [0.2, 0.25) is 0 Å². The van der Waals surface area contributed by atoms with E-state index in [-0.39, 0.29) is 12.7 Å². The molecule has 1 heterocycles. The monoisotopic (exact) mass is 206 g/mol. The van der Waals surface area contributed by atoms with Gasteiger partial charge in [-0.25, -0.2) is 0 Å². The number of nitrogens with zero attached hydrogens (tertiary/aromatic N) is 1. The highest BCUT2D eigenvalue weighted by atomic mass is 16.5. The van der Waals surface area contributed by atoms with Crippen molar-refractivity contribution in [3.63, 3.8) is 0 Å². The number of rotatable bonds is 4. The van der Waals surface area contributed by atoms with Crippen molar-refractivity contribution in [3.05, 3.63) is 29.8 Å². The molecular formula is C12H16NO2. The van der Waals surface area contributed by atoms with Gasteiger partial charge in [-0.1, -0.05) is 6.07 Å². The number of hydrogen-bond acceptors (Lipinski definition) is 3. The standard InChI is InChI=1S/C12H16NO2/c1-10-4-2-3-5-12(10)15-11-8-13(9-11)6-7-14/h3-5,11,14H,6-9H2,1H3. The zero-order valence-corrected chi connectivity index (χ0v) is 8.94. The van der Waals surface area contributed by atoms with Gasteiger partial charge in [0.15, 0.2) is 0 Å². The van der Waals surface area contributed by atoms with Gasteiger partial charge in [-0.2, -0.15) is 0 Å². The van der Waals surface area contributed by atoms with Crippen molar-refractivity contribution in [2.45, 2.75) is 13.0 Å². The average molecular weight is 206 g/mol. The summed E-state index contributed by atoms with van der Waals surface area (Å²) in [5.74, 6) is 0.947. The Hall–Kier alpha value is -1.06. The number of benzene rings is 1. The van der Waals surface area contributed by atoms with Crippen LogP contribution in [0.4, 0.5) is 0 Å². The number of likely N-dealkylation sites (tertiary alicyclic amines) is 1. The molecule has 1 aromatic rings. The Morgan fingerprint density at radius 2 is 2.40 bits per heavy atom. The molecule has 0 aliphatic carbocycles. The van der Waals surface area contributed by atoms with Gasteiger partial charge in [0.05, 0.1) is 6.61 Å². The molecule has 3 heteroatoms. The fourth-order valence-electron chi connectivity index (χ4n) is 1.73. The molecular weight excluding hydrogens is 190 g/mol. The molecule has 3 nitrogen and oxygen atoms in total. The van der Waals surface area contributed by atoms with Crippen molar-refractivity contribution < 1.29 is 9.84 Å². The van der Waals surface area contributed by atoms with Crippen LogP contribution in [0.2, 0.25) is 0 Å². The fraction of sp³-hybridized carbons (Fsp3) is 0.500. The summed E-state index contributed by atoms with van der Waals surface area (Å²) in [7, 11) is 0. The lowest BCUT2D eigenvalue weighted by Crippen LogP contribution is -2.54. The summed E-state index contributed by atoms with van der Waals surface area (Å²) in [5.41, 5.74) is 1.12. The summed E-state index contributed by atoms with van der Waals surface area (Å²) < 4.78 is 5.81. The third kappa shape index (κ3) is 2.49. The van der Waals surface area contributed by atoms with Crippen LogP contribution in [-0.4, -0.2) is 42.4 Å². The van der Waals surface area contributed by atoms with E-state index < -0.39 is 0 Å². The van der Waals surface area contributed by atoms with E-state index in [1.807, 2.05) is 25.1 Å². The topological polar surface area (TPSA) is 32.7 Å². The van der Waals surface area contributed by atoms with Gasteiger partial charge < -0.3 is 9.84 Å². The summed E-state index contributed by atoms with van der Waals surface area (Å²) in [6.45, 7) is 4.83. The second kappa shape index (κ2) is 4.64. The van der Waals surface area contributed by atoms with Crippen molar-refractivity contribution in [3.8, 4) is 5.75 Å². The second-order valence-electron chi connectivity index (χ2n) is 3.91. The molecule has 0 amide bonds. The van der Waals surface area contributed by atoms with Crippen molar-refractivity contribution in [2.75, 3.05) is 26.2 Å². The predicted molar refractivity (Wildman–Crippen MR) is 58.0 cm³/mol. The van der Waals surface area contributed by atoms with Crippen LogP contribution in [0.25, 0.3) is 0 Å². The lowest BCUT2D eigenvalue weighted by Gasteiger charge is -2.38. The third-order valence-corrected chi connectivity index (χ3v) is 2.65. The van der Waals surface area contributed by atoms with Crippen LogP contribution in [0.3, 0.4) is 0 Å². The number of aryl methyl sites for hydroxylation is 1. The number of β-amino-alcohol motifs (C(OH)–C–C–N with tert-alkyl or cyclic N) is 1. The van der Waals surface area contributed by atoms with E-state index in [2.05, 4.69) is 11.0 Å². The van der Waals surface area contributed by atoms with Gasteiger partial charge in [-0.15, -0.1) is 0 Å². The van der Waals surface area contributed by atoms with Crippen LogP contribution in [-0.2, 0) is 0 Å². The quantitative estimate of drug-likeness (QED) is 0.792. The van der Waals surface area contributed by atoms with E-state index >= 15 is 0 Å². The molecule has 1 radical (unpaired) electrons. The SMILES string of the molecule is Cc1c[c]ccc1OC1CN(CCO)C1. The lowest BCUT2D eigenvalue weighted by molar-refractivity contribution is 0.0103. The molecule has 0 aromatic heterocycles. The van der Waals surface area contributed by atoms with Gasteiger partial charge in [0, 0.05) is 19.6 Å². The van der Waals surface area contributed by atoms with Gasteiger partial charge in [0.1, 0.15) is 11.9 Å². The Kier molecular flexibility index (Phi) is 3.23. The van der Waals surface area contributed by atoms with E-state index in [9.17, 15) is 0 Å². The van der Waals surface area contributed by atoms with Gasteiger partial charge in [0.25, 0.3) is 0 Å². The van der Waals surface area contributed by atoms with Crippen LogP contribution in [0.5, 0.6) is 5.75 Å². The first-order valence-electron chi connectivity index (χ1n) is 5.26. The lowest BCUT2D eigenvalue weighted by atomic mass is 10.1. The molecule has 1 aliphatic rings. The molecule has 1 N–H and O–H groups in total. The van der Waals surface area contributed by atoms with Crippen molar-refractivity contribution in [1.82, 2.24) is 4.90 Å². The minimum Gasteiger partial charge on any atom is -0.487 e. The van der Waals surface area contributed by atoms with Gasteiger partial charge in [-0.05, 0) is 30.7 Å². The Balaban J connectivity index is 1.82. The minimum atomic E-state index is 0.228. The number of aliphatic hydroxyl groups excluding tert-OH is 1. The van der Waals surface area contributed by atoms with E-state index in [4.69, 9.17) is 9.84 Å². The third-order valence-electron chi connectivity index (χ3n) is 2.65. The zero-order chi connectivity index (χ0) is 10.7. The molecule has 1 aromatic carbocycles. The van der Waals surface area contributed by atoms with E-state index in [0.717, 1.165) is 30.9 Å². The van der Waals surface area contributed by atoms with E-state index in [1.54, 1.807) is 0 Å². The predicted octanol–water partition coefficient (Wildman–Crippen LogP) is 0.851. The molecule has 1 fully saturated rings. The molecule has 15 heavy (non-hydrogen) atoms. The van der Waals surface area contributed by atoms with Crippen molar-refractivity contribution in [1.29, 1.82) is 0 Å². The summed E-state index contributed by atoms with van der Waals surface area (Å²) in [5, 5.41) is 8.74. The van der Waals surface area contributed by atoms with Crippen molar-refractivity contribution in [2.24, 2.45) is 0 Å². The fourth-order valence-corrected chi connectivity index (χ4v) is 1.73. The maximum atomic E-state index is 8.74. The van der Waals surface area contributed by atoms with Crippen LogP contribution in [0.1, 0.15) is 5.56 Å². The van der Waals surface area contributed by atoms with Crippen molar-refractivity contribution >= 4 is 0 Å². The first-order valence-corrected chi connectivity index (χ1v) is 5.26. The smallest absolute Gasteiger partial charge is 0.124 e. The highest BCUT2D eigenvalue weighted by Gasteiger charge is 2.27. The van der Waals surface area contributed by atoms with E-state index in [1.165, 1.54) is 0 Å². The summed E-state index contributed by atoms with van der Waals surface area (Å²) in [6.07, 6.45) is 0.276. The number of hydrogen-bond donors (Lipinski definition) is 1. The molecule has 0 spiro atoms.